The minimum absolute atomic E-state index is 0.0616. The van der Waals surface area contributed by atoms with Crippen molar-refractivity contribution in [2.75, 3.05) is 5.32 Å². The summed E-state index contributed by atoms with van der Waals surface area (Å²) in [6.45, 7) is 0. The fourth-order valence-corrected chi connectivity index (χ4v) is 2.41. The van der Waals surface area contributed by atoms with Gasteiger partial charge in [-0.25, -0.2) is 0 Å². The average Bonchev–Trinajstić information content (AvgIpc) is 2.82. The lowest BCUT2D eigenvalue weighted by atomic mass is 10.0. The number of non-ortho nitro benzene ring substituents is 1. The van der Waals surface area contributed by atoms with E-state index in [-0.39, 0.29) is 16.9 Å². The van der Waals surface area contributed by atoms with Gasteiger partial charge in [0.15, 0.2) is 0 Å². The summed E-state index contributed by atoms with van der Waals surface area (Å²) in [5, 5.41) is 13.2. The molecule has 0 aromatic heterocycles. The molecule has 1 amide bonds. The Bertz CT molecular complexity index is 888. The van der Waals surface area contributed by atoms with Gasteiger partial charge >= 0.3 is 6.18 Å². The maximum atomic E-state index is 12.7. The predicted molar refractivity (Wildman–Crippen MR) is 81.0 cm³/mol. The quantitative estimate of drug-likeness (QED) is 0.510. The Morgan fingerprint density at radius 1 is 1.12 bits per heavy atom. The summed E-state index contributed by atoms with van der Waals surface area (Å²) in [5.74, 6) is -0.559. The van der Waals surface area contributed by atoms with Gasteiger partial charge in [-0.2, -0.15) is 13.2 Å². The van der Waals surface area contributed by atoms with Gasteiger partial charge in [0.2, 0.25) is 0 Å². The fourth-order valence-electron chi connectivity index (χ4n) is 2.41. The zero-order valence-corrected chi connectivity index (χ0v) is 11.9. The molecular weight excluding hydrogens is 325 g/mol. The third-order valence-electron chi connectivity index (χ3n) is 3.52. The number of nitrogens with one attached hydrogen (secondary N) is 1. The monoisotopic (exact) mass is 334 g/mol. The zero-order valence-electron chi connectivity index (χ0n) is 11.9. The Labute approximate surface area is 133 Å². The molecule has 5 nitrogen and oxygen atoms in total. The van der Waals surface area contributed by atoms with Crippen molar-refractivity contribution in [2.45, 2.75) is 6.18 Å². The normalized spacial score (nSPS) is 15.3. The highest BCUT2D eigenvalue weighted by atomic mass is 19.4. The Morgan fingerprint density at radius 3 is 2.54 bits per heavy atom. The number of rotatable bonds is 2. The number of benzene rings is 2. The number of amides is 1. The van der Waals surface area contributed by atoms with Gasteiger partial charge in [-0.3, -0.25) is 14.9 Å². The highest BCUT2D eigenvalue weighted by Crippen LogP contribution is 2.38. The first kappa shape index (κ1) is 15.7. The number of hydrogen-bond donors (Lipinski definition) is 1. The SMILES string of the molecule is O=C1Nc2cc(C(F)(F)F)ccc2/C1=C/c1cccc([N+](=O)[O-])c1. The van der Waals surface area contributed by atoms with Crippen LogP contribution in [0.25, 0.3) is 11.6 Å². The number of carbonyl (C=O) groups excluding carboxylic acids is 1. The number of nitrogens with zero attached hydrogens (tertiary/aromatic N) is 1. The second kappa shape index (κ2) is 5.48. The molecule has 24 heavy (non-hydrogen) atoms. The van der Waals surface area contributed by atoms with E-state index in [1.54, 1.807) is 6.07 Å². The Kier molecular flexibility index (Phi) is 3.59. The molecule has 122 valence electrons. The van der Waals surface area contributed by atoms with Crippen LogP contribution in [0.15, 0.2) is 42.5 Å². The number of alkyl halides is 3. The minimum Gasteiger partial charge on any atom is -0.321 e. The molecule has 0 spiro atoms. The summed E-state index contributed by atoms with van der Waals surface area (Å²) < 4.78 is 38.2. The van der Waals surface area contributed by atoms with Crippen LogP contribution < -0.4 is 5.32 Å². The van der Waals surface area contributed by atoms with Crippen LogP contribution in [0.2, 0.25) is 0 Å². The van der Waals surface area contributed by atoms with Crippen LogP contribution in [-0.4, -0.2) is 10.8 Å². The topological polar surface area (TPSA) is 72.2 Å². The molecule has 0 atom stereocenters. The van der Waals surface area contributed by atoms with E-state index in [4.69, 9.17) is 0 Å². The molecule has 0 radical (unpaired) electrons. The first-order valence-electron chi connectivity index (χ1n) is 6.75. The number of fused-ring (bicyclic) bond motifs is 1. The summed E-state index contributed by atoms with van der Waals surface area (Å²) in [6.07, 6.45) is -3.10. The fraction of sp³-hybridized carbons (Fsp3) is 0.0625. The Balaban J connectivity index is 2.04. The van der Waals surface area contributed by atoms with Gasteiger partial charge in [0.1, 0.15) is 0 Å². The molecule has 2 aromatic carbocycles. The van der Waals surface area contributed by atoms with Crippen molar-refractivity contribution in [2.24, 2.45) is 0 Å². The van der Waals surface area contributed by atoms with Crippen molar-refractivity contribution in [3.63, 3.8) is 0 Å². The lowest BCUT2D eigenvalue weighted by molar-refractivity contribution is -0.384. The summed E-state index contributed by atoms with van der Waals surface area (Å²) >= 11 is 0. The van der Waals surface area contributed by atoms with Crippen LogP contribution in [0.3, 0.4) is 0 Å². The van der Waals surface area contributed by atoms with E-state index in [9.17, 15) is 28.1 Å². The molecule has 3 rings (SSSR count). The van der Waals surface area contributed by atoms with Crippen molar-refractivity contribution in [1.82, 2.24) is 0 Å². The molecule has 0 fully saturated rings. The van der Waals surface area contributed by atoms with Crippen molar-refractivity contribution in [1.29, 1.82) is 0 Å². The van der Waals surface area contributed by atoms with Crippen LogP contribution in [0.1, 0.15) is 16.7 Å². The van der Waals surface area contributed by atoms with Crippen LogP contribution in [0.4, 0.5) is 24.5 Å². The first-order valence-corrected chi connectivity index (χ1v) is 6.75. The maximum absolute atomic E-state index is 12.7. The predicted octanol–water partition coefficient (Wildman–Crippen LogP) is 4.11. The number of anilines is 1. The molecule has 1 aliphatic rings. The van der Waals surface area contributed by atoms with Crippen molar-refractivity contribution < 1.29 is 22.9 Å². The molecule has 0 saturated carbocycles. The van der Waals surface area contributed by atoms with E-state index in [1.165, 1.54) is 30.3 Å². The maximum Gasteiger partial charge on any atom is 0.416 e. The molecule has 2 aromatic rings. The van der Waals surface area contributed by atoms with E-state index in [2.05, 4.69) is 5.32 Å². The van der Waals surface area contributed by atoms with Gasteiger partial charge in [0.25, 0.3) is 11.6 Å². The molecule has 0 bridgehead atoms. The van der Waals surface area contributed by atoms with Gasteiger partial charge in [-0.1, -0.05) is 18.2 Å². The highest BCUT2D eigenvalue weighted by Gasteiger charge is 2.33. The summed E-state index contributed by atoms with van der Waals surface area (Å²) in [5.41, 5.74) is -0.0686. The minimum atomic E-state index is -4.51. The molecule has 1 heterocycles. The first-order chi connectivity index (χ1) is 11.3. The van der Waals surface area contributed by atoms with Crippen LogP contribution in [-0.2, 0) is 11.0 Å². The van der Waals surface area contributed by atoms with Gasteiger partial charge in [0, 0.05) is 29.0 Å². The number of carbonyl (C=O) groups is 1. The summed E-state index contributed by atoms with van der Waals surface area (Å²) in [6, 6.07) is 8.57. The third-order valence-corrected chi connectivity index (χ3v) is 3.52. The van der Waals surface area contributed by atoms with E-state index in [0.717, 1.165) is 12.1 Å². The molecule has 0 unspecified atom stereocenters. The highest BCUT2D eigenvalue weighted by molar-refractivity contribution is 6.34. The lowest BCUT2D eigenvalue weighted by Crippen LogP contribution is -2.06. The van der Waals surface area contributed by atoms with E-state index in [1.807, 2.05) is 0 Å². The third kappa shape index (κ3) is 2.85. The second-order valence-electron chi connectivity index (χ2n) is 5.12. The van der Waals surface area contributed by atoms with Crippen molar-refractivity contribution in [3.8, 4) is 0 Å². The lowest BCUT2D eigenvalue weighted by Gasteiger charge is -2.08. The Morgan fingerprint density at radius 2 is 1.88 bits per heavy atom. The second-order valence-corrected chi connectivity index (χ2v) is 5.12. The van der Waals surface area contributed by atoms with Crippen LogP contribution in [0.5, 0.6) is 0 Å². The Hall–Kier alpha value is -3.16. The largest absolute Gasteiger partial charge is 0.416 e. The zero-order chi connectivity index (χ0) is 17.5. The molecule has 8 heteroatoms. The summed E-state index contributed by atoms with van der Waals surface area (Å²) in [7, 11) is 0. The van der Waals surface area contributed by atoms with Gasteiger partial charge in [0.05, 0.1) is 10.5 Å². The number of halogens is 3. The van der Waals surface area contributed by atoms with Crippen LogP contribution in [0, 0.1) is 10.1 Å². The number of hydrogen-bond acceptors (Lipinski definition) is 3. The smallest absolute Gasteiger partial charge is 0.321 e. The molecule has 1 N–H and O–H groups in total. The average molecular weight is 334 g/mol. The van der Waals surface area contributed by atoms with E-state index >= 15 is 0 Å². The van der Waals surface area contributed by atoms with E-state index in [0.29, 0.717) is 11.1 Å². The molecule has 0 aliphatic carbocycles. The van der Waals surface area contributed by atoms with Gasteiger partial charge in [-0.15, -0.1) is 0 Å². The molecule has 0 saturated heterocycles. The van der Waals surface area contributed by atoms with E-state index < -0.39 is 22.6 Å². The van der Waals surface area contributed by atoms with Crippen LogP contribution >= 0.6 is 0 Å². The van der Waals surface area contributed by atoms with Crippen molar-refractivity contribution in [3.05, 3.63) is 69.3 Å². The molecular formula is C16H9F3N2O3. The number of nitro benzene ring substituents is 1. The number of nitro groups is 1. The summed E-state index contributed by atoms with van der Waals surface area (Å²) in [4.78, 5) is 22.2. The van der Waals surface area contributed by atoms with Gasteiger partial charge < -0.3 is 5.32 Å². The standard InChI is InChI=1S/C16H9F3N2O3/c17-16(18,19)10-4-5-12-13(15(22)20-14(12)8-10)7-9-2-1-3-11(6-9)21(23)24/h1-8H,(H,20,22)/b13-7-. The van der Waals surface area contributed by atoms with Crippen molar-refractivity contribution >= 4 is 28.9 Å². The molecule has 1 aliphatic heterocycles. The van der Waals surface area contributed by atoms with Gasteiger partial charge in [-0.05, 0) is 23.8 Å².